The predicted molar refractivity (Wildman–Crippen MR) is 88.8 cm³/mol. The summed E-state index contributed by atoms with van der Waals surface area (Å²) in [4.78, 5) is 0. The second-order valence-corrected chi connectivity index (χ2v) is 9.72. The highest BCUT2D eigenvalue weighted by Crippen LogP contribution is 2.13. The first-order chi connectivity index (χ1) is 10.4. The Morgan fingerprint density at radius 3 is 1.18 bits per heavy atom. The van der Waals surface area contributed by atoms with Gasteiger partial charge in [0.1, 0.15) is 0 Å². The van der Waals surface area contributed by atoms with Crippen LogP contribution in [0.1, 0.15) is 11.1 Å². The zero-order valence-corrected chi connectivity index (χ0v) is 13.2. The van der Waals surface area contributed by atoms with Crippen molar-refractivity contribution in [1.82, 2.24) is 0 Å². The molecule has 0 spiro atoms. The topological polar surface area (TPSA) is 68.3 Å². The Hall–Kier alpha value is -2.18. The van der Waals surface area contributed by atoms with Crippen LogP contribution >= 0.6 is 0 Å². The van der Waals surface area contributed by atoms with Crippen molar-refractivity contribution in [3.63, 3.8) is 0 Å². The zero-order chi connectivity index (χ0) is 16.1. The van der Waals surface area contributed by atoms with E-state index in [0.29, 0.717) is 21.9 Å². The summed E-state index contributed by atoms with van der Waals surface area (Å²) >= 11 is 0. The molecule has 0 unspecified atom stereocenters. The average molecular weight is 334 g/mol. The van der Waals surface area contributed by atoms with Gasteiger partial charge >= 0.3 is 0 Å². The molecule has 0 bridgehead atoms. The van der Waals surface area contributed by atoms with Crippen molar-refractivity contribution in [1.29, 1.82) is 0 Å². The fraction of sp³-hybridized carbons (Fsp3) is 0. The van der Waals surface area contributed by atoms with Crippen LogP contribution in [0.2, 0.25) is 0 Å². The summed E-state index contributed by atoms with van der Waals surface area (Å²) in [7, 11) is -8.85. The molecule has 2 aromatic rings. The SMILES string of the molecule is O=S(=O)(C=Cc1ccccc1)S(=O)(=O)C=Cc1ccccc1. The molecule has 4 nitrogen and oxygen atoms in total. The van der Waals surface area contributed by atoms with Crippen LogP contribution in [-0.4, -0.2) is 16.8 Å². The monoisotopic (exact) mass is 334 g/mol. The highest BCUT2D eigenvalue weighted by molar-refractivity contribution is 8.69. The van der Waals surface area contributed by atoms with Gasteiger partial charge in [-0.3, -0.25) is 0 Å². The molecule has 6 heteroatoms. The van der Waals surface area contributed by atoms with Gasteiger partial charge in [-0.1, -0.05) is 60.7 Å². The lowest BCUT2D eigenvalue weighted by molar-refractivity contribution is 0.592. The summed E-state index contributed by atoms with van der Waals surface area (Å²) in [6.07, 6.45) is 2.51. The van der Waals surface area contributed by atoms with Crippen molar-refractivity contribution in [3.8, 4) is 0 Å². The highest BCUT2D eigenvalue weighted by Gasteiger charge is 2.23. The summed E-state index contributed by atoms with van der Waals surface area (Å²) < 4.78 is 47.7. The molecule has 0 atom stereocenters. The van der Waals surface area contributed by atoms with Gasteiger partial charge < -0.3 is 0 Å². The van der Waals surface area contributed by atoms with E-state index in [4.69, 9.17) is 0 Å². The third-order valence-corrected chi connectivity index (χ3v) is 6.97. The van der Waals surface area contributed by atoms with Gasteiger partial charge in [0.25, 0.3) is 17.7 Å². The van der Waals surface area contributed by atoms with Crippen molar-refractivity contribution in [2.75, 3.05) is 0 Å². The van der Waals surface area contributed by atoms with Gasteiger partial charge in [0.05, 0.1) is 0 Å². The first-order valence-electron chi connectivity index (χ1n) is 6.37. The van der Waals surface area contributed by atoms with Gasteiger partial charge in [-0.15, -0.1) is 0 Å². The second-order valence-electron chi connectivity index (χ2n) is 4.41. The normalized spacial score (nSPS) is 12.9. The molecule has 0 aliphatic carbocycles. The molecule has 114 valence electrons. The maximum atomic E-state index is 11.9. The molecule has 22 heavy (non-hydrogen) atoms. The molecule has 0 saturated carbocycles. The van der Waals surface area contributed by atoms with Gasteiger partial charge in [0.2, 0.25) is 0 Å². The minimum absolute atomic E-state index is 0.605. The molecule has 0 amide bonds. The third kappa shape index (κ3) is 4.16. The molecule has 0 N–H and O–H groups in total. The van der Waals surface area contributed by atoms with Crippen LogP contribution in [0.5, 0.6) is 0 Å². The summed E-state index contributed by atoms with van der Waals surface area (Å²) in [5.74, 6) is 0. The van der Waals surface area contributed by atoms with E-state index in [-0.39, 0.29) is 0 Å². The van der Waals surface area contributed by atoms with Gasteiger partial charge in [-0.05, 0) is 23.3 Å². The van der Waals surface area contributed by atoms with Crippen LogP contribution < -0.4 is 0 Å². The van der Waals surface area contributed by atoms with E-state index in [1.807, 2.05) is 0 Å². The van der Waals surface area contributed by atoms with Crippen molar-refractivity contribution < 1.29 is 16.8 Å². The van der Waals surface area contributed by atoms with Gasteiger partial charge in [-0.2, -0.15) is 0 Å². The minimum Gasteiger partial charge on any atom is -0.208 e. The van der Waals surface area contributed by atoms with E-state index in [1.165, 1.54) is 12.2 Å². The van der Waals surface area contributed by atoms with Crippen LogP contribution in [0.3, 0.4) is 0 Å². The van der Waals surface area contributed by atoms with Crippen molar-refractivity contribution >= 4 is 29.9 Å². The molecule has 0 heterocycles. The van der Waals surface area contributed by atoms with Gasteiger partial charge in [0, 0.05) is 10.8 Å². The van der Waals surface area contributed by atoms with Gasteiger partial charge in [-0.25, -0.2) is 16.8 Å². The van der Waals surface area contributed by atoms with E-state index < -0.39 is 17.7 Å². The van der Waals surface area contributed by atoms with Crippen LogP contribution in [0.4, 0.5) is 0 Å². The first kappa shape index (κ1) is 16.2. The smallest absolute Gasteiger partial charge is 0.208 e. The van der Waals surface area contributed by atoms with Crippen LogP contribution in [0, 0.1) is 0 Å². The van der Waals surface area contributed by atoms with Crippen LogP contribution in [0.25, 0.3) is 12.2 Å². The largest absolute Gasteiger partial charge is 0.279 e. The van der Waals surface area contributed by atoms with Crippen molar-refractivity contribution in [2.45, 2.75) is 0 Å². The molecule has 0 aliphatic rings. The van der Waals surface area contributed by atoms with E-state index in [9.17, 15) is 16.8 Å². The van der Waals surface area contributed by atoms with E-state index >= 15 is 0 Å². The molecule has 2 aromatic carbocycles. The molecule has 0 aromatic heterocycles. The average Bonchev–Trinajstić information content (AvgIpc) is 2.53. The lowest BCUT2D eigenvalue weighted by Gasteiger charge is -1.97. The maximum Gasteiger partial charge on any atom is 0.279 e. The fourth-order valence-corrected chi connectivity index (χ4v) is 3.83. The summed E-state index contributed by atoms with van der Waals surface area (Å²) in [5, 5.41) is 1.40. The Morgan fingerprint density at radius 2 is 0.864 bits per heavy atom. The molecular formula is C16H14O4S2. The van der Waals surface area contributed by atoms with Crippen LogP contribution in [0.15, 0.2) is 71.5 Å². The first-order valence-corrected chi connectivity index (χ1v) is 9.98. The lowest BCUT2D eigenvalue weighted by atomic mass is 10.2. The highest BCUT2D eigenvalue weighted by atomic mass is 33.2. The van der Waals surface area contributed by atoms with Crippen molar-refractivity contribution in [2.24, 2.45) is 0 Å². The number of benzene rings is 2. The molecule has 0 fully saturated rings. The standard InChI is InChI=1S/C16H14O4S2/c17-21(18,13-11-15-7-3-1-4-8-15)22(19,20)14-12-16-9-5-2-6-10-16/h1-14H. The van der Waals surface area contributed by atoms with E-state index in [2.05, 4.69) is 0 Å². The lowest BCUT2D eigenvalue weighted by Crippen LogP contribution is -2.09. The quantitative estimate of drug-likeness (QED) is 0.788. The number of hydrogen-bond acceptors (Lipinski definition) is 4. The molecule has 2 rings (SSSR count). The third-order valence-electron chi connectivity index (χ3n) is 2.78. The predicted octanol–water partition coefficient (Wildman–Crippen LogP) is 3.07. The van der Waals surface area contributed by atoms with E-state index in [0.717, 1.165) is 0 Å². The second kappa shape index (κ2) is 6.72. The maximum absolute atomic E-state index is 11.9. The van der Waals surface area contributed by atoms with Crippen LogP contribution in [-0.2, 0) is 17.7 Å². The molecule has 0 aliphatic heterocycles. The Morgan fingerprint density at radius 1 is 0.545 bits per heavy atom. The Labute approximate surface area is 129 Å². The number of hydrogen-bond donors (Lipinski definition) is 0. The summed E-state index contributed by atoms with van der Waals surface area (Å²) in [6.45, 7) is 0. The molecular weight excluding hydrogens is 320 g/mol. The fourth-order valence-electron chi connectivity index (χ4n) is 1.61. The summed E-state index contributed by atoms with van der Waals surface area (Å²) in [6, 6.07) is 17.2. The zero-order valence-electron chi connectivity index (χ0n) is 11.5. The Balaban J connectivity index is 2.24. The summed E-state index contributed by atoms with van der Waals surface area (Å²) in [5.41, 5.74) is 1.21. The number of rotatable bonds is 5. The molecule has 0 saturated heterocycles. The minimum atomic E-state index is -4.42. The van der Waals surface area contributed by atoms with Crippen molar-refractivity contribution in [3.05, 3.63) is 82.6 Å². The Kier molecular flexibility index (Phi) is 4.95. The Bertz CT molecular complexity index is 802. The van der Waals surface area contributed by atoms with E-state index in [1.54, 1.807) is 60.7 Å². The van der Waals surface area contributed by atoms with Gasteiger partial charge in [0.15, 0.2) is 0 Å². The molecule has 0 radical (unpaired) electrons.